The van der Waals surface area contributed by atoms with E-state index < -0.39 is 0 Å². The Morgan fingerprint density at radius 2 is 1.86 bits per heavy atom. The van der Waals surface area contributed by atoms with Gasteiger partial charge in [-0.05, 0) is 0 Å². The zero-order valence-corrected chi connectivity index (χ0v) is 10.6. The van der Waals surface area contributed by atoms with Crippen LogP contribution in [0.2, 0.25) is 0 Å². The number of Topliss-reactive ketones (excluding diaryl/α,β-unsaturated/α-hetero) is 1. The zero-order valence-electron chi connectivity index (χ0n) is 8.81. The molecule has 0 aromatic heterocycles. The topological polar surface area (TPSA) is 54.4 Å². The smallest absolute Gasteiger partial charge is 1.00 e. The molecule has 1 aromatic carbocycles. The SMILES string of the molecule is O=C(CCl)c1ccccc1.O=CO.[H-].[Na+]. The summed E-state index contributed by atoms with van der Waals surface area (Å²) in [6.07, 6.45) is 0. The summed E-state index contributed by atoms with van der Waals surface area (Å²) in [7, 11) is 0. The van der Waals surface area contributed by atoms with Crippen LogP contribution in [0.1, 0.15) is 11.8 Å². The number of alkyl halides is 1. The van der Waals surface area contributed by atoms with E-state index in [9.17, 15) is 4.79 Å². The van der Waals surface area contributed by atoms with Gasteiger partial charge in [-0.15, -0.1) is 11.6 Å². The number of carboxylic acid groups (broad SMARTS) is 1. The molecule has 0 saturated heterocycles. The zero-order chi connectivity index (χ0) is 10.1. The van der Waals surface area contributed by atoms with E-state index in [0.29, 0.717) is 5.56 Å². The monoisotopic (exact) mass is 224 g/mol. The fourth-order valence-electron chi connectivity index (χ4n) is 0.701. The summed E-state index contributed by atoms with van der Waals surface area (Å²) in [5, 5.41) is 6.89. The van der Waals surface area contributed by atoms with E-state index in [2.05, 4.69) is 0 Å². The molecule has 0 aliphatic rings. The van der Waals surface area contributed by atoms with Gasteiger partial charge in [0.05, 0.1) is 5.88 Å². The van der Waals surface area contributed by atoms with Gasteiger partial charge in [0.15, 0.2) is 5.78 Å². The summed E-state index contributed by atoms with van der Waals surface area (Å²) < 4.78 is 0. The standard InChI is InChI=1S/C8H7ClO.CH2O2.Na.H/c9-6-8(10)7-4-2-1-3-5-7;2-1-3;;/h1-5H,6H2;1H,(H,2,3);;/q;;+1;-1. The second-order valence-corrected chi connectivity index (χ2v) is 2.30. The van der Waals surface area contributed by atoms with Crippen LogP contribution in [0.4, 0.5) is 0 Å². The van der Waals surface area contributed by atoms with Crippen LogP contribution in [-0.2, 0) is 4.79 Å². The number of rotatable bonds is 2. The predicted molar refractivity (Wildman–Crippen MR) is 51.3 cm³/mol. The average Bonchev–Trinajstić information content (AvgIpc) is 2.19. The van der Waals surface area contributed by atoms with Crippen LogP contribution in [0.5, 0.6) is 0 Å². The van der Waals surface area contributed by atoms with Crippen LogP contribution in [0.15, 0.2) is 30.3 Å². The normalized spacial score (nSPS) is 7.50. The molecule has 0 spiro atoms. The maximum absolute atomic E-state index is 10.9. The minimum absolute atomic E-state index is 0. The Hall–Kier alpha value is -0.350. The van der Waals surface area contributed by atoms with E-state index >= 15 is 0 Å². The van der Waals surface area contributed by atoms with E-state index in [-0.39, 0.29) is 49.1 Å². The van der Waals surface area contributed by atoms with Gasteiger partial charge in [-0.3, -0.25) is 9.59 Å². The summed E-state index contributed by atoms with van der Waals surface area (Å²) in [6.45, 7) is -0.250. The van der Waals surface area contributed by atoms with Crippen molar-refractivity contribution < 1.29 is 45.7 Å². The third-order valence-electron chi connectivity index (χ3n) is 1.22. The van der Waals surface area contributed by atoms with Gasteiger partial charge in [0.2, 0.25) is 0 Å². The molecule has 0 atom stereocenters. The summed E-state index contributed by atoms with van der Waals surface area (Å²) in [5.74, 6) is 0.0339. The van der Waals surface area contributed by atoms with Crippen molar-refractivity contribution in [2.75, 3.05) is 5.88 Å². The molecule has 0 aliphatic carbocycles. The summed E-state index contributed by atoms with van der Waals surface area (Å²) >= 11 is 5.34. The van der Waals surface area contributed by atoms with Crippen molar-refractivity contribution in [3.63, 3.8) is 0 Å². The van der Waals surface area contributed by atoms with Crippen LogP contribution in [0, 0.1) is 0 Å². The Kier molecular flexibility index (Phi) is 12.3. The fourth-order valence-corrected chi connectivity index (χ4v) is 0.856. The Morgan fingerprint density at radius 1 is 1.43 bits per heavy atom. The molecule has 1 aromatic rings. The van der Waals surface area contributed by atoms with Gasteiger partial charge in [0.1, 0.15) is 0 Å². The van der Waals surface area contributed by atoms with Gasteiger partial charge >= 0.3 is 29.6 Å². The molecule has 72 valence electrons. The summed E-state index contributed by atoms with van der Waals surface area (Å²) in [6, 6.07) is 9.01. The van der Waals surface area contributed by atoms with Crippen molar-refractivity contribution in [2.45, 2.75) is 0 Å². The van der Waals surface area contributed by atoms with Crippen molar-refractivity contribution in [2.24, 2.45) is 0 Å². The number of hydrogen-bond donors (Lipinski definition) is 1. The quantitative estimate of drug-likeness (QED) is 0.301. The Morgan fingerprint density at radius 3 is 2.21 bits per heavy atom. The number of halogens is 1. The summed E-state index contributed by atoms with van der Waals surface area (Å²) in [5.41, 5.74) is 0.678. The number of carbonyl (C=O) groups is 2. The minimum Gasteiger partial charge on any atom is -1.00 e. The summed E-state index contributed by atoms with van der Waals surface area (Å²) in [4.78, 5) is 19.2. The van der Waals surface area contributed by atoms with Crippen molar-refractivity contribution in [1.29, 1.82) is 0 Å². The molecule has 0 radical (unpaired) electrons. The maximum Gasteiger partial charge on any atom is 1.00 e. The molecule has 1 rings (SSSR count). The molecule has 0 bridgehead atoms. The molecule has 0 heterocycles. The fraction of sp³-hybridized carbons (Fsp3) is 0.111. The molecule has 0 aliphatic heterocycles. The van der Waals surface area contributed by atoms with E-state index in [1.165, 1.54) is 0 Å². The maximum atomic E-state index is 10.9. The molecule has 0 amide bonds. The first-order chi connectivity index (χ1) is 6.26. The Bertz CT molecular complexity index is 269. The number of carbonyl (C=O) groups excluding carboxylic acids is 1. The third kappa shape index (κ3) is 7.09. The van der Waals surface area contributed by atoms with Crippen LogP contribution in [0.3, 0.4) is 0 Å². The second kappa shape index (κ2) is 10.7. The molecule has 3 nitrogen and oxygen atoms in total. The molecule has 1 N–H and O–H groups in total. The number of hydrogen-bond acceptors (Lipinski definition) is 2. The van der Waals surface area contributed by atoms with Crippen LogP contribution in [0.25, 0.3) is 0 Å². The van der Waals surface area contributed by atoms with Gasteiger partial charge in [-0.2, -0.15) is 0 Å². The first kappa shape index (κ1) is 16.1. The van der Waals surface area contributed by atoms with E-state index in [1.54, 1.807) is 12.1 Å². The van der Waals surface area contributed by atoms with E-state index in [4.69, 9.17) is 21.5 Å². The molecule has 14 heavy (non-hydrogen) atoms. The Balaban J connectivity index is -0.000000260. The minimum atomic E-state index is -0.250. The van der Waals surface area contributed by atoms with E-state index in [0.717, 1.165) is 0 Å². The van der Waals surface area contributed by atoms with Gasteiger partial charge in [0.25, 0.3) is 6.47 Å². The molecular formula is C9H10ClNaO3. The van der Waals surface area contributed by atoms with Gasteiger partial charge < -0.3 is 6.53 Å². The molecule has 0 unspecified atom stereocenters. The predicted octanol–water partition coefficient (Wildman–Crippen LogP) is -1.07. The van der Waals surface area contributed by atoms with Gasteiger partial charge in [-0.1, -0.05) is 30.3 Å². The van der Waals surface area contributed by atoms with Gasteiger partial charge in [0, 0.05) is 5.56 Å². The number of benzene rings is 1. The van der Waals surface area contributed by atoms with Crippen LogP contribution in [-0.4, -0.2) is 23.2 Å². The second-order valence-electron chi connectivity index (χ2n) is 2.03. The molecule has 0 saturated carbocycles. The first-order valence-corrected chi connectivity index (χ1v) is 4.01. The molecular weight excluding hydrogens is 215 g/mol. The average molecular weight is 225 g/mol. The molecule has 5 heteroatoms. The first-order valence-electron chi connectivity index (χ1n) is 3.48. The Labute approximate surface area is 111 Å². The van der Waals surface area contributed by atoms with Crippen molar-refractivity contribution in [3.8, 4) is 0 Å². The number of ketones is 1. The van der Waals surface area contributed by atoms with Gasteiger partial charge in [-0.25, -0.2) is 0 Å². The van der Waals surface area contributed by atoms with E-state index in [1.807, 2.05) is 18.2 Å². The van der Waals surface area contributed by atoms with Crippen LogP contribution >= 0.6 is 11.6 Å². The van der Waals surface area contributed by atoms with Crippen LogP contribution < -0.4 is 29.6 Å². The van der Waals surface area contributed by atoms with Crippen molar-refractivity contribution in [3.05, 3.63) is 35.9 Å². The third-order valence-corrected chi connectivity index (χ3v) is 1.46. The molecule has 0 fully saturated rings. The van der Waals surface area contributed by atoms with Crippen molar-refractivity contribution in [1.82, 2.24) is 0 Å². The van der Waals surface area contributed by atoms with Crippen molar-refractivity contribution >= 4 is 23.9 Å². The largest absolute Gasteiger partial charge is 1.00 e.